The molecule has 0 bridgehead atoms. The zero-order chi connectivity index (χ0) is 21.3. The number of aromatic nitrogens is 4. The molecule has 0 spiro atoms. The Kier molecular flexibility index (Phi) is 5.76. The van der Waals surface area contributed by atoms with E-state index in [-0.39, 0.29) is 23.8 Å². The topological polar surface area (TPSA) is 128 Å². The van der Waals surface area contributed by atoms with Crippen molar-refractivity contribution in [3.8, 4) is 0 Å². The molecule has 1 saturated carbocycles. The second-order valence-corrected chi connectivity index (χ2v) is 8.20. The van der Waals surface area contributed by atoms with Gasteiger partial charge >= 0.3 is 6.03 Å². The van der Waals surface area contributed by atoms with Crippen molar-refractivity contribution in [2.24, 2.45) is 5.73 Å². The number of primary amides is 1. The Morgan fingerprint density at radius 3 is 2.70 bits per heavy atom. The normalized spacial score (nSPS) is 19.1. The van der Waals surface area contributed by atoms with E-state index in [2.05, 4.69) is 20.7 Å². The predicted octanol–water partition coefficient (Wildman–Crippen LogP) is 2.60. The number of carbonyl (C=O) groups excluding carboxylic acids is 2. The number of thioether (sulfide) groups is 1. The highest BCUT2D eigenvalue weighted by Crippen LogP contribution is 2.35. The molecular weight excluding hydrogens is 402 g/mol. The molecule has 0 aliphatic heterocycles. The van der Waals surface area contributed by atoms with Gasteiger partial charge in [-0.05, 0) is 44.9 Å². The molecule has 1 aliphatic rings. The van der Waals surface area contributed by atoms with E-state index >= 15 is 0 Å². The van der Waals surface area contributed by atoms with Gasteiger partial charge in [0.1, 0.15) is 5.52 Å². The number of nitrogens with one attached hydrogen (secondary N) is 2. The Bertz CT molecular complexity index is 1110. The van der Waals surface area contributed by atoms with Crippen molar-refractivity contribution < 1.29 is 9.59 Å². The largest absolute Gasteiger partial charge is 0.364 e. The summed E-state index contributed by atoms with van der Waals surface area (Å²) in [6.45, 7) is 2.50. The van der Waals surface area contributed by atoms with Gasteiger partial charge in [-0.2, -0.15) is 5.10 Å². The molecule has 2 aromatic heterocycles. The van der Waals surface area contributed by atoms with Crippen molar-refractivity contribution in [3.05, 3.63) is 24.0 Å². The van der Waals surface area contributed by atoms with E-state index in [0.29, 0.717) is 17.1 Å². The Morgan fingerprint density at radius 2 is 2.03 bits per heavy atom. The van der Waals surface area contributed by atoms with E-state index in [1.54, 1.807) is 6.20 Å². The third-order valence-corrected chi connectivity index (χ3v) is 6.09. The third kappa shape index (κ3) is 3.79. The van der Waals surface area contributed by atoms with Crippen LogP contribution in [0.5, 0.6) is 0 Å². The number of nitrogens with two attached hydrogens (primary N) is 1. The Morgan fingerprint density at radius 1 is 1.27 bits per heavy atom. The Hall–Kier alpha value is -2.88. The first-order valence-corrected chi connectivity index (χ1v) is 11.3. The van der Waals surface area contributed by atoms with Gasteiger partial charge < -0.3 is 16.4 Å². The minimum atomic E-state index is -0.552. The molecule has 3 amide bonds. The highest BCUT2D eigenvalue weighted by atomic mass is 32.2. The molecule has 0 saturated heterocycles. The molecule has 9 nitrogen and oxygen atoms in total. The maximum atomic E-state index is 12.1. The van der Waals surface area contributed by atoms with Crippen LogP contribution in [-0.4, -0.2) is 50.5 Å². The smallest absolute Gasteiger partial charge is 0.314 e. The minimum absolute atomic E-state index is 0.103. The van der Waals surface area contributed by atoms with Gasteiger partial charge in [0, 0.05) is 29.6 Å². The van der Waals surface area contributed by atoms with Crippen molar-refractivity contribution in [1.82, 2.24) is 30.4 Å². The first-order chi connectivity index (χ1) is 14.5. The van der Waals surface area contributed by atoms with Crippen LogP contribution in [0.1, 0.15) is 49.1 Å². The van der Waals surface area contributed by atoms with E-state index in [9.17, 15) is 9.59 Å². The number of carbonyl (C=O) groups is 2. The summed E-state index contributed by atoms with van der Waals surface area (Å²) in [5, 5.41) is 12.7. The van der Waals surface area contributed by atoms with Gasteiger partial charge in [0.2, 0.25) is 0 Å². The van der Waals surface area contributed by atoms with E-state index in [4.69, 9.17) is 10.7 Å². The molecule has 158 valence electrons. The number of amides is 3. The van der Waals surface area contributed by atoms with Gasteiger partial charge in [-0.25, -0.2) is 14.8 Å². The molecule has 3 aromatic rings. The molecule has 30 heavy (non-hydrogen) atoms. The number of fused-ring (bicyclic) bond motifs is 3. The summed E-state index contributed by atoms with van der Waals surface area (Å²) in [6, 6.07) is 3.87. The zero-order valence-electron chi connectivity index (χ0n) is 17.0. The van der Waals surface area contributed by atoms with Gasteiger partial charge in [-0.1, -0.05) is 17.8 Å². The second-order valence-electron chi connectivity index (χ2n) is 7.42. The summed E-state index contributed by atoms with van der Waals surface area (Å²) < 4.78 is 1.91. The first kappa shape index (κ1) is 20.4. The van der Waals surface area contributed by atoms with Crippen LogP contribution in [0.25, 0.3) is 21.8 Å². The van der Waals surface area contributed by atoms with Crippen molar-refractivity contribution in [1.29, 1.82) is 0 Å². The highest BCUT2D eigenvalue weighted by molar-refractivity contribution is 7.98. The first-order valence-electron chi connectivity index (χ1n) is 10.1. The maximum absolute atomic E-state index is 12.1. The lowest BCUT2D eigenvalue weighted by atomic mass is 9.91. The summed E-state index contributed by atoms with van der Waals surface area (Å²) in [7, 11) is 0. The van der Waals surface area contributed by atoms with Gasteiger partial charge in [0.05, 0.1) is 11.6 Å². The summed E-state index contributed by atoms with van der Waals surface area (Å²) in [5.41, 5.74) is 7.48. The molecule has 10 heteroatoms. The number of benzene rings is 1. The number of urea groups is 1. The molecule has 0 unspecified atom stereocenters. The zero-order valence-corrected chi connectivity index (χ0v) is 17.8. The molecule has 4 rings (SSSR count). The van der Waals surface area contributed by atoms with Gasteiger partial charge in [0.25, 0.3) is 5.91 Å². The molecule has 2 heterocycles. The van der Waals surface area contributed by atoms with E-state index < -0.39 is 5.91 Å². The lowest BCUT2D eigenvalue weighted by molar-refractivity contribution is 0.0995. The molecular formula is C20H25N7O2S. The summed E-state index contributed by atoms with van der Waals surface area (Å²) >= 11 is 1.47. The Labute approximate surface area is 178 Å². The van der Waals surface area contributed by atoms with Crippen molar-refractivity contribution in [2.45, 2.75) is 49.8 Å². The van der Waals surface area contributed by atoms with Crippen molar-refractivity contribution in [2.75, 3.05) is 12.8 Å². The molecule has 4 N–H and O–H groups in total. The number of hydrogen-bond acceptors (Lipinski definition) is 6. The van der Waals surface area contributed by atoms with E-state index in [1.165, 1.54) is 11.8 Å². The lowest BCUT2D eigenvalue weighted by Gasteiger charge is -2.29. The number of nitrogens with zero attached hydrogens (tertiary/aromatic N) is 4. The van der Waals surface area contributed by atoms with Crippen LogP contribution < -0.4 is 16.4 Å². The predicted molar refractivity (Wildman–Crippen MR) is 117 cm³/mol. The lowest BCUT2D eigenvalue weighted by Crippen LogP contribution is -2.43. The molecule has 1 fully saturated rings. The summed E-state index contributed by atoms with van der Waals surface area (Å²) in [5.74, 6) is -0.552. The van der Waals surface area contributed by atoms with Crippen LogP contribution in [0.2, 0.25) is 0 Å². The quantitative estimate of drug-likeness (QED) is 0.424. The molecule has 0 radical (unpaired) electrons. The molecule has 1 aromatic carbocycles. The van der Waals surface area contributed by atoms with Crippen LogP contribution in [0.4, 0.5) is 4.79 Å². The van der Waals surface area contributed by atoms with Crippen molar-refractivity contribution in [3.63, 3.8) is 0 Å². The van der Waals surface area contributed by atoms with E-state index in [1.807, 2.05) is 30.0 Å². The second kappa shape index (κ2) is 8.47. The Balaban J connectivity index is 1.71. The van der Waals surface area contributed by atoms with E-state index in [0.717, 1.165) is 42.1 Å². The summed E-state index contributed by atoms with van der Waals surface area (Å²) in [6.07, 6.45) is 7.07. The number of hydrogen-bond donors (Lipinski definition) is 3. The monoisotopic (exact) mass is 427 g/mol. The van der Waals surface area contributed by atoms with Gasteiger partial charge in [0.15, 0.2) is 10.9 Å². The average molecular weight is 428 g/mol. The fraction of sp³-hybridized carbons (Fsp3) is 0.450. The van der Waals surface area contributed by atoms with Crippen LogP contribution in [0.15, 0.2) is 23.5 Å². The van der Waals surface area contributed by atoms with Crippen molar-refractivity contribution >= 4 is 45.5 Å². The fourth-order valence-corrected chi connectivity index (χ4v) is 4.45. The maximum Gasteiger partial charge on any atom is 0.314 e. The van der Waals surface area contributed by atoms with Gasteiger partial charge in [-0.15, -0.1) is 0 Å². The molecule has 1 aliphatic carbocycles. The average Bonchev–Trinajstić information content (AvgIpc) is 3.14. The highest BCUT2D eigenvalue weighted by Gasteiger charge is 2.28. The van der Waals surface area contributed by atoms with Crippen LogP contribution in [0, 0.1) is 0 Å². The minimum Gasteiger partial charge on any atom is -0.364 e. The number of rotatable bonds is 5. The molecule has 0 atom stereocenters. The van der Waals surface area contributed by atoms with Crippen LogP contribution in [-0.2, 0) is 0 Å². The summed E-state index contributed by atoms with van der Waals surface area (Å²) in [4.78, 5) is 32.9. The van der Waals surface area contributed by atoms with Crippen LogP contribution >= 0.6 is 11.8 Å². The standard InChI is InChI=1S/C20H25N7O2S/c1-3-22-19(29)24-12-5-7-13(8-6-12)27-17-14(16(26-27)18(21)28)9-4-11-10-23-20(30-2)25-15(11)17/h4,9-10,12-13H,3,5-8H2,1-2H3,(H2,21,28)(H2,22,24,29). The fourth-order valence-electron chi connectivity index (χ4n) is 4.11. The van der Waals surface area contributed by atoms with Gasteiger partial charge in [-0.3, -0.25) is 9.48 Å². The van der Waals surface area contributed by atoms with Crippen LogP contribution in [0.3, 0.4) is 0 Å². The third-order valence-electron chi connectivity index (χ3n) is 5.53. The SMILES string of the molecule is CCNC(=O)NC1CCC(n2nc(C(N)=O)c3ccc4cnc(SC)nc4c32)CC1.